The van der Waals surface area contributed by atoms with Gasteiger partial charge in [-0.05, 0) is 48.5 Å². The maximum Gasteiger partial charge on any atom is 0.303 e. The Morgan fingerprint density at radius 1 is 0.923 bits per heavy atom. The second-order valence-corrected chi connectivity index (χ2v) is 12.0. The average Bonchev–Trinajstić information content (AvgIpc) is 2.80. The molecule has 1 saturated heterocycles. The first-order valence-corrected chi connectivity index (χ1v) is 14.0. The van der Waals surface area contributed by atoms with E-state index in [1.54, 1.807) is 0 Å². The van der Waals surface area contributed by atoms with Crippen LogP contribution in [0.2, 0.25) is 0 Å². The molecule has 1 rings (SSSR count). The minimum Gasteiger partial charge on any atom is -0.463 e. The van der Waals surface area contributed by atoms with Crippen LogP contribution < -0.4 is 0 Å². The summed E-state index contributed by atoms with van der Waals surface area (Å²) in [6.45, 7) is 15.5. The van der Waals surface area contributed by atoms with Gasteiger partial charge in [-0.15, -0.1) is 0 Å². The number of unbranched alkanes of at least 4 members (excludes halogenated alkanes) is 1. The predicted molar refractivity (Wildman–Crippen MR) is 145 cm³/mol. The molecule has 5 unspecified atom stereocenters. The number of esters is 3. The fraction of sp³-hybridized carbons (Fsp3) is 0.893. The molecular weight excluding hydrogens is 506 g/mol. The van der Waals surface area contributed by atoms with Crippen LogP contribution in [0.4, 0.5) is 0 Å². The van der Waals surface area contributed by atoms with Crippen molar-refractivity contribution < 1.29 is 38.1 Å². The van der Waals surface area contributed by atoms with Gasteiger partial charge in [0, 0.05) is 32.2 Å². The van der Waals surface area contributed by atoms with E-state index >= 15 is 0 Å². The van der Waals surface area contributed by atoms with Crippen LogP contribution in [0.1, 0.15) is 100 Å². The monoisotopic (exact) mass is 555 g/mol. The number of hydrogen-bond acceptors (Lipinski definition) is 9. The molecule has 0 saturated carbocycles. The van der Waals surface area contributed by atoms with Crippen LogP contribution in [-0.4, -0.2) is 62.3 Å². The van der Waals surface area contributed by atoms with Crippen LogP contribution in [0.5, 0.6) is 0 Å². The number of carbonyl (C=O) groups is 3. The molecule has 1 fully saturated rings. The Morgan fingerprint density at radius 2 is 1.54 bits per heavy atom. The quantitative estimate of drug-likeness (QED) is 0.0539. The highest BCUT2D eigenvalue weighted by atomic mass is 16.7. The zero-order valence-electron chi connectivity index (χ0n) is 25.1. The van der Waals surface area contributed by atoms with E-state index in [0.717, 1.165) is 38.5 Å². The van der Waals surface area contributed by atoms with Gasteiger partial charge in [-0.3, -0.25) is 14.4 Å². The van der Waals surface area contributed by atoms with E-state index in [2.05, 4.69) is 44.6 Å². The molecule has 11 nitrogen and oxygen atoms in total. The lowest BCUT2D eigenvalue weighted by atomic mass is 9.71. The summed E-state index contributed by atoms with van der Waals surface area (Å²) in [4.78, 5) is 38.4. The standard InChI is InChI=1S/C28H49N3O8/c1-9-10-12-22-24(37-20(3)33)25(38-21(4)34)23(17-36-19(2)32)39-26(22)35-16-14-28(7,8)18-27(5,6)13-11-15-30-31-29/h22-26H,9-18H2,1-8H3. The van der Waals surface area contributed by atoms with E-state index in [1.165, 1.54) is 20.8 Å². The lowest BCUT2D eigenvalue weighted by molar-refractivity contribution is -0.293. The zero-order valence-corrected chi connectivity index (χ0v) is 25.1. The molecule has 0 aromatic rings. The third kappa shape index (κ3) is 13.5. The summed E-state index contributed by atoms with van der Waals surface area (Å²) in [6.07, 6.45) is 2.54. The lowest BCUT2D eigenvalue weighted by Gasteiger charge is -2.45. The van der Waals surface area contributed by atoms with Gasteiger partial charge in [-0.25, -0.2) is 0 Å². The highest BCUT2D eigenvalue weighted by Gasteiger charge is 2.50. The third-order valence-corrected chi connectivity index (χ3v) is 6.91. The Morgan fingerprint density at radius 3 is 2.10 bits per heavy atom. The number of rotatable bonds is 17. The molecule has 0 spiro atoms. The Labute approximate surface area is 233 Å². The van der Waals surface area contributed by atoms with Crippen LogP contribution in [0.25, 0.3) is 10.4 Å². The molecule has 224 valence electrons. The third-order valence-electron chi connectivity index (χ3n) is 6.91. The number of carbonyl (C=O) groups excluding carboxylic acids is 3. The zero-order chi connectivity index (χ0) is 29.6. The Hall–Kier alpha value is -2.36. The topological polar surface area (TPSA) is 146 Å². The van der Waals surface area contributed by atoms with E-state index in [9.17, 15) is 14.4 Å². The van der Waals surface area contributed by atoms with E-state index in [4.69, 9.17) is 29.2 Å². The average molecular weight is 556 g/mol. The summed E-state index contributed by atoms with van der Waals surface area (Å²) in [6, 6.07) is 0. The summed E-state index contributed by atoms with van der Waals surface area (Å²) in [5, 5.41) is 3.63. The highest BCUT2D eigenvalue weighted by Crippen LogP contribution is 2.40. The molecule has 0 radical (unpaired) electrons. The second kappa shape index (κ2) is 16.7. The van der Waals surface area contributed by atoms with Crippen molar-refractivity contribution >= 4 is 17.9 Å². The van der Waals surface area contributed by atoms with E-state index in [-0.39, 0.29) is 23.4 Å². The van der Waals surface area contributed by atoms with Crippen LogP contribution in [0.15, 0.2) is 5.11 Å². The van der Waals surface area contributed by atoms with Gasteiger partial charge in [-0.2, -0.15) is 0 Å². The maximum absolute atomic E-state index is 12.1. The van der Waals surface area contributed by atoms with Crippen molar-refractivity contribution in [3.63, 3.8) is 0 Å². The summed E-state index contributed by atoms with van der Waals surface area (Å²) in [7, 11) is 0. The van der Waals surface area contributed by atoms with Crippen LogP contribution in [0.3, 0.4) is 0 Å². The van der Waals surface area contributed by atoms with Crippen molar-refractivity contribution in [3.8, 4) is 0 Å². The smallest absolute Gasteiger partial charge is 0.303 e. The number of azide groups is 1. The first-order valence-electron chi connectivity index (χ1n) is 14.0. The Balaban J connectivity index is 3.05. The van der Waals surface area contributed by atoms with Gasteiger partial charge in [0.05, 0.1) is 12.5 Å². The van der Waals surface area contributed by atoms with Crippen LogP contribution in [0, 0.1) is 16.7 Å². The Kier molecular flexibility index (Phi) is 14.8. The first-order chi connectivity index (χ1) is 18.2. The molecule has 39 heavy (non-hydrogen) atoms. The van der Waals surface area contributed by atoms with Crippen LogP contribution >= 0.6 is 0 Å². The number of ether oxygens (including phenoxy) is 5. The van der Waals surface area contributed by atoms with Crippen molar-refractivity contribution in [2.75, 3.05) is 19.8 Å². The molecular formula is C28H49N3O8. The summed E-state index contributed by atoms with van der Waals surface area (Å²) in [5.74, 6) is -1.93. The number of nitrogens with zero attached hydrogens (tertiary/aromatic N) is 3. The first kappa shape index (κ1) is 34.7. The highest BCUT2D eigenvalue weighted by molar-refractivity contribution is 5.67. The van der Waals surface area contributed by atoms with Crippen molar-refractivity contribution in [3.05, 3.63) is 10.4 Å². The molecule has 0 aromatic heterocycles. The molecule has 0 aromatic carbocycles. The molecule has 11 heteroatoms. The van der Waals surface area contributed by atoms with Gasteiger partial charge >= 0.3 is 17.9 Å². The molecule has 1 aliphatic rings. The minimum atomic E-state index is -0.935. The minimum absolute atomic E-state index is 0.0394. The van der Waals surface area contributed by atoms with Crippen molar-refractivity contribution in [1.29, 1.82) is 0 Å². The van der Waals surface area contributed by atoms with Crippen LogP contribution in [-0.2, 0) is 38.1 Å². The largest absolute Gasteiger partial charge is 0.463 e. The molecule has 0 N–H and O–H groups in total. The fourth-order valence-corrected chi connectivity index (χ4v) is 5.47. The van der Waals surface area contributed by atoms with Crippen molar-refractivity contribution in [2.45, 2.75) is 125 Å². The van der Waals surface area contributed by atoms with Crippen molar-refractivity contribution in [2.24, 2.45) is 21.9 Å². The summed E-state index contributed by atoms with van der Waals surface area (Å²) in [5.41, 5.74) is 8.52. The normalized spacial score (nSPS) is 23.4. The number of hydrogen-bond donors (Lipinski definition) is 0. The van der Waals surface area contributed by atoms with Gasteiger partial charge in [0.25, 0.3) is 0 Å². The van der Waals surface area contributed by atoms with E-state index in [0.29, 0.717) is 19.6 Å². The molecule has 0 aliphatic carbocycles. The van der Waals surface area contributed by atoms with Gasteiger partial charge in [0.2, 0.25) is 0 Å². The predicted octanol–water partition coefficient (Wildman–Crippen LogP) is 5.88. The lowest BCUT2D eigenvalue weighted by Crippen LogP contribution is -2.59. The molecule has 5 atom stereocenters. The Bertz CT molecular complexity index is 841. The maximum atomic E-state index is 12.1. The van der Waals surface area contributed by atoms with Gasteiger partial charge in [0.1, 0.15) is 18.8 Å². The fourth-order valence-electron chi connectivity index (χ4n) is 5.47. The molecule has 0 amide bonds. The van der Waals surface area contributed by atoms with Gasteiger partial charge in [0.15, 0.2) is 12.4 Å². The van der Waals surface area contributed by atoms with Gasteiger partial charge in [-0.1, -0.05) is 52.6 Å². The summed E-state index contributed by atoms with van der Waals surface area (Å²) >= 11 is 0. The van der Waals surface area contributed by atoms with E-state index < -0.39 is 42.5 Å². The van der Waals surface area contributed by atoms with Gasteiger partial charge < -0.3 is 23.7 Å². The SMILES string of the molecule is CCCCC1C(OCCC(C)(C)CC(C)(C)CCCN=[N+]=[N-])OC(COC(C)=O)C(OC(C)=O)C1OC(C)=O. The summed E-state index contributed by atoms with van der Waals surface area (Å²) < 4.78 is 29.0. The molecule has 0 bridgehead atoms. The molecule has 1 aliphatic heterocycles. The second-order valence-electron chi connectivity index (χ2n) is 12.0. The van der Waals surface area contributed by atoms with Crippen molar-refractivity contribution in [1.82, 2.24) is 0 Å². The van der Waals surface area contributed by atoms with E-state index in [1.807, 2.05) is 0 Å². The molecule has 1 heterocycles.